The molecule has 8 heteroatoms. The van der Waals surface area contributed by atoms with Crippen LogP contribution in [-0.4, -0.2) is 30.2 Å². The number of aromatic nitrogens is 5. The second-order valence-corrected chi connectivity index (χ2v) is 8.49. The van der Waals surface area contributed by atoms with Crippen molar-refractivity contribution >= 4 is 28.4 Å². The van der Waals surface area contributed by atoms with Gasteiger partial charge in [-0.3, -0.25) is 9.48 Å². The summed E-state index contributed by atoms with van der Waals surface area (Å²) in [5.41, 5.74) is 10.3. The Morgan fingerprint density at radius 2 is 1.94 bits per heavy atom. The molecule has 0 spiro atoms. The molecule has 0 radical (unpaired) electrons. The summed E-state index contributed by atoms with van der Waals surface area (Å²) in [6.07, 6.45) is 6.90. The molecule has 0 atom stereocenters. The fraction of sp³-hybridized carbons (Fsp3) is 0.250. The number of fused-ring (bicyclic) bond motifs is 1. The third-order valence-corrected chi connectivity index (χ3v) is 5.86. The van der Waals surface area contributed by atoms with Crippen LogP contribution in [0.15, 0.2) is 43.0 Å². The predicted octanol–water partition coefficient (Wildman–Crippen LogP) is 3.22. The van der Waals surface area contributed by atoms with Gasteiger partial charge in [0.1, 0.15) is 23.5 Å². The molecule has 160 valence electrons. The zero-order valence-corrected chi connectivity index (χ0v) is 18.2. The van der Waals surface area contributed by atoms with Gasteiger partial charge < -0.3 is 15.6 Å². The van der Waals surface area contributed by atoms with E-state index in [0.717, 1.165) is 24.0 Å². The Kier molecular flexibility index (Phi) is 4.48. The van der Waals surface area contributed by atoms with Crippen LogP contribution in [0.5, 0.6) is 0 Å². The summed E-state index contributed by atoms with van der Waals surface area (Å²) in [5.74, 6) is 6.34. The SMILES string of the molecule is Cc1ccc(NC(=O)c2c(C#Cc3cnn(C)c3)n(C3(C)CC3)c3ncnc(N)c23)cc1. The molecule has 1 aliphatic rings. The summed E-state index contributed by atoms with van der Waals surface area (Å²) in [6.45, 7) is 4.14. The second-order valence-electron chi connectivity index (χ2n) is 8.49. The smallest absolute Gasteiger partial charge is 0.259 e. The van der Waals surface area contributed by atoms with Crippen LogP contribution in [0.4, 0.5) is 11.5 Å². The first kappa shape index (κ1) is 19.8. The van der Waals surface area contributed by atoms with Gasteiger partial charge in [0, 0.05) is 24.5 Å². The van der Waals surface area contributed by atoms with Gasteiger partial charge in [-0.05, 0) is 44.7 Å². The summed E-state index contributed by atoms with van der Waals surface area (Å²) in [7, 11) is 1.84. The first-order valence-electron chi connectivity index (χ1n) is 10.4. The van der Waals surface area contributed by atoms with Crippen molar-refractivity contribution in [1.82, 2.24) is 24.3 Å². The Bertz CT molecular complexity index is 1410. The van der Waals surface area contributed by atoms with Crippen molar-refractivity contribution in [2.45, 2.75) is 32.2 Å². The van der Waals surface area contributed by atoms with E-state index in [1.807, 2.05) is 49.0 Å². The Balaban J connectivity index is 1.72. The first-order valence-corrected chi connectivity index (χ1v) is 10.4. The normalized spacial score (nSPS) is 14.1. The molecule has 3 aromatic heterocycles. The molecular formula is C24H23N7O. The van der Waals surface area contributed by atoms with Crippen molar-refractivity contribution in [3.8, 4) is 11.8 Å². The minimum atomic E-state index is -0.293. The highest BCUT2D eigenvalue weighted by Gasteiger charge is 2.43. The average molecular weight is 425 g/mol. The Labute approximate surface area is 185 Å². The lowest BCUT2D eigenvalue weighted by Crippen LogP contribution is -2.18. The Morgan fingerprint density at radius 1 is 1.19 bits per heavy atom. The molecule has 1 aromatic carbocycles. The van der Waals surface area contributed by atoms with Gasteiger partial charge in [-0.15, -0.1) is 0 Å². The summed E-state index contributed by atoms with van der Waals surface area (Å²) >= 11 is 0. The van der Waals surface area contributed by atoms with Gasteiger partial charge in [-0.1, -0.05) is 23.6 Å². The molecule has 5 rings (SSSR count). The average Bonchev–Trinajstić information content (AvgIpc) is 3.20. The monoisotopic (exact) mass is 425 g/mol. The highest BCUT2D eigenvalue weighted by molar-refractivity contribution is 6.16. The molecule has 1 amide bonds. The van der Waals surface area contributed by atoms with Crippen LogP contribution in [0.25, 0.3) is 11.0 Å². The van der Waals surface area contributed by atoms with E-state index in [9.17, 15) is 4.79 Å². The zero-order chi connectivity index (χ0) is 22.5. The third-order valence-electron chi connectivity index (χ3n) is 5.86. The third kappa shape index (κ3) is 3.38. The van der Waals surface area contributed by atoms with Crippen LogP contribution in [-0.2, 0) is 12.6 Å². The molecule has 3 heterocycles. The number of hydrogen-bond acceptors (Lipinski definition) is 5. The Hall–Kier alpha value is -4.12. The van der Waals surface area contributed by atoms with Gasteiger partial charge in [0.25, 0.3) is 5.91 Å². The number of carbonyl (C=O) groups is 1. The quantitative estimate of drug-likeness (QED) is 0.491. The van der Waals surface area contributed by atoms with Crippen molar-refractivity contribution in [1.29, 1.82) is 0 Å². The standard InChI is InChI=1S/C24H23N7O/c1-15-4-7-17(8-5-15)29-23(32)19-18(9-6-16-12-28-30(3)13-16)31(24(2)10-11-24)22-20(19)21(25)26-14-27-22/h4-5,7-8,12-14H,10-11H2,1-3H3,(H,29,32)(H2,25,26,27). The van der Waals surface area contributed by atoms with E-state index in [0.29, 0.717) is 28.0 Å². The number of rotatable bonds is 3. The highest BCUT2D eigenvalue weighted by atomic mass is 16.1. The van der Waals surface area contributed by atoms with E-state index in [1.165, 1.54) is 6.33 Å². The van der Waals surface area contributed by atoms with Crippen LogP contribution >= 0.6 is 0 Å². The maximum absolute atomic E-state index is 13.5. The number of anilines is 2. The molecular weight excluding hydrogens is 402 g/mol. The molecule has 32 heavy (non-hydrogen) atoms. The maximum Gasteiger partial charge on any atom is 0.259 e. The molecule has 4 aromatic rings. The maximum atomic E-state index is 13.5. The number of nitrogens with one attached hydrogen (secondary N) is 1. The molecule has 0 unspecified atom stereocenters. The fourth-order valence-corrected chi connectivity index (χ4v) is 3.85. The molecule has 0 saturated heterocycles. The van der Waals surface area contributed by atoms with Gasteiger partial charge in [0.05, 0.1) is 22.7 Å². The highest BCUT2D eigenvalue weighted by Crippen LogP contribution is 2.47. The Morgan fingerprint density at radius 3 is 2.59 bits per heavy atom. The van der Waals surface area contributed by atoms with Crippen LogP contribution in [0, 0.1) is 18.8 Å². The number of amides is 1. The minimum Gasteiger partial charge on any atom is -0.383 e. The van der Waals surface area contributed by atoms with Crippen molar-refractivity contribution < 1.29 is 4.79 Å². The minimum absolute atomic E-state index is 0.166. The number of nitrogens with two attached hydrogens (primary N) is 1. The van der Waals surface area contributed by atoms with Gasteiger partial charge >= 0.3 is 0 Å². The van der Waals surface area contributed by atoms with Gasteiger partial charge in [0.15, 0.2) is 0 Å². The summed E-state index contributed by atoms with van der Waals surface area (Å²) in [4.78, 5) is 22.2. The van der Waals surface area contributed by atoms with Gasteiger partial charge in [0.2, 0.25) is 0 Å². The van der Waals surface area contributed by atoms with E-state index in [2.05, 4.69) is 39.1 Å². The first-order chi connectivity index (χ1) is 15.4. The van der Waals surface area contributed by atoms with Crippen LogP contribution < -0.4 is 11.1 Å². The largest absolute Gasteiger partial charge is 0.383 e. The number of nitrogens with zero attached hydrogens (tertiary/aromatic N) is 5. The summed E-state index contributed by atoms with van der Waals surface area (Å²) in [5, 5.41) is 7.69. The summed E-state index contributed by atoms with van der Waals surface area (Å²) in [6, 6.07) is 7.64. The predicted molar refractivity (Wildman–Crippen MR) is 123 cm³/mol. The van der Waals surface area contributed by atoms with Crippen molar-refractivity contribution in [3.05, 3.63) is 65.4 Å². The fourth-order valence-electron chi connectivity index (χ4n) is 3.85. The lowest BCUT2D eigenvalue weighted by Gasteiger charge is -2.14. The number of aryl methyl sites for hydroxylation is 2. The topological polar surface area (TPSA) is 104 Å². The number of nitrogen functional groups attached to an aromatic ring is 1. The van der Waals surface area contributed by atoms with E-state index >= 15 is 0 Å². The van der Waals surface area contributed by atoms with Crippen molar-refractivity contribution in [2.75, 3.05) is 11.1 Å². The molecule has 1 aliphatic carbocycles. The molecule has 1 saturated carbocycles. The molecule has 0 bridgehead atoms. The molecule has 0 aliphatic heterocycles. The number of benzene rings is 1. The summed E-state index contributed by atoms with van der Waals surface area (Å²) < 4.78 is 3.74. The van der Waals surface area contributed by atoms with Gasteiger partial charge in [-0.2, -0.15) is 5.10 Å². The second kappa shape index (κ2) is 7.24. The van der Waals surface area contributed by atoms with Crippen LogP contribution in [0.3, 0.4) is 0 Å². The zero-order valence-electron chi connectivity index (χ0n) is 18.2. The van der Waals surface area contributed by atoms with Crippen molar-refractivity contribution in [2.24, 2.45) is 7.05 Å². The lowest BCUT2D eigenvalue weighted by molar-refractivity contribution is 0.102. The number of hydrogen-bond donors (Lipinski definition) is 2. The van der Waals surface area contributed by atoms with Crippen molar-refractivity contribution in [3.63, 3.8) is 0 Å². The molecule has 8 nitrogen and oxygen atoms in total. The van der Waals surface area contributed by atoms with Crippen LogP contribution in [0.1, 0.15) is 46.9 Å². The van der Waals surface area contributed by atoms with Gasteiger partial charge in [-0.25, -0.2) is 9.97 Å². The molecule has 1 fully saturated rings. The molecule has 3 N–H and O–H groups in total. The number of carbonyl (C=O) groups excluding carboxylic acids is 1. The van der Waals surface area contributed by atoms with E-state index in [-0.39, 0.29) is 17.3 Å². The van der Waals surface area contributed by atoms with E-state index < -0.39 is 0 Å². The lowest BCUT2D eigenvalue weighted by atomic mass is 10.1. The van der Waals surface area contributed by atoms with E-state index in [1.54, 1.807) is 10.9 Å². The van der Waals surface area contributed by atoms with E-state index in [4.69, 9.17) is 5.73 Å². The van der Waals surface area contributed by atoms with Crippen LogP contribution in [0.2, 0.25) is 0 Å².